The molecule has 1 aromatic carbocycles. The number of aliphatic hydroxyl groups is 2. The van der Waals surface area contributed by atoms with Gasteiger partial charge in [-0.2, -0.15) is 15.4 Å². The van der Waals surface area contributed by atoms with E-state index in [1.165, 1.54) is 5.56 Å². The molecular weight excluding hydrogens is 256 g/mol. The molecule has 3 rings (SSSR count). The number of nitrogens with one attached hydrogen (secondary N) is 1. The van der Waals surface area contributed by atoms with E-state index in [9.17, 15) is 5.11 Å². The first-order chi connectivity index (χ1) is 9.69. The molecule has 1 saturated heterocycles. The van der Waals surface area contributed by atoms with Gasteiger partial charge in [-0.15, -0.1) is 0 Å². The number of benzene rings is 1. The first kappa shape index (κ1) is 13.2. The van der Waals surface area contributed by atoms with Crippen molar-refractivity contribution in [3.05, 3.63) is 47.3 Å². The molecule has 2 heterocycles. The van der Waals surface area contributed by atoms with Crippen LogP contribution >= 0.6 is 0 Å². The van der Waals surface area contributed by atoms with Crippen molar-refractivity contribution in [2.24, 2.45) is 0 Å². The summed E-state index contributed by atoms with van der Waals surface area (Å²) in [5.41, 5.74) is 1.79. The second kappa shape index (κ2) is 5.32. The zero-order valence-electron chi connectivity index (χ0n) is 11.2. The minimum atomic E-state index is -0.905. The standard InChI is InChI=1S/C14H18N4O2/c19-9-12-3-1-11(2-4-12)8-18-6-5-14(20,10-18)13-7-15-17-16-13/h1-4,7,19-20H,5-6,8-10H2,(H,15,16,17)/t14-/m0/s1. The van der Waals surface area contributed by atoms with Gasteiger partial charge in [-0.1, -0.05) is 24.3 Å². The second-order valence-corrected chi connectivity index (χ2v) is 5.32. The highest BCUT2D eigenvalue weighted by molar-refractivity contribution is 5.22. The highest BCUT2D eigenvalue weighted by atomic mass is 16.3. The van der Waals surface area contributed by atoms with Crippen LogP contribution in [-0.2, 0) is 18.8 Å². The van der Waals surface area contributed by atoms with Crippen LogP contribution in [0.4, 0.5) is 0 Å². The number of β-amino-alcohol motifs (C(OH)–C–C–N with tert-alkyl or cyclic N) is 1. The van der Waals surface area contributed by atoms with Gasteiger partial charge in [0.25, 0.3) is 0 Å². The zero-order valence-corrected chi connectivity index (χ0v) is 11.2. The van der Waals surface area contributed by atoms with Gasteiger partial charge in [-0.3, -0.25) is 4.90 Å². The van der Waals surface area contributed by atoms with E-state index in [-0.39, 0.29) is 6.61 Å². The van der Waals surface area contributed by atoms with Crippen molar-refractivity contribution in [3.8, 4) is 0 Å². The molecule has 1 fully saturated rings. The summed E-state index contributed by atoms with van der Waals surface area (Å²) in [4.78, 5) is 2.20. The molecule has 3 N–H and O–H groups in total. The predicted molar refractivity (Wildman–Crippen MR) is 72.5 cm³/mol. The van der Waals surface area contributed by atoms with E-state index in [2.05, 4.69) is 20.3 Å². The Morgan fingerprint density at radius 3 is 2.65 bits per heavy atom. The normalized spacial score (nSPS) is 23.3. The van der Waals surface area contributed by atoms with Gasteiger partial charge < -0.3 is 10.2 Å². The van der Waals surface area contributed by atoms with Crippen molar-refractivity contribution in [1.82, 2.24) is 20.3 Å². The fourth-order valence-corrected chi connectivity index (χ4v) is 2.65. The molecule has 0 spiro atoms. The molecule has 0 radical (unpaired) electrons. The molecule has 20 heavy (non-hydrogen) atoms. The number of rotatable bonds is 4. The van der Waals surface area contributed by atoms with Crippen LogP contribution in [0.15, 0.2) is 30.5 Å². The summed E-state index contributed by atoms with van der Waals surface area (Å²) >= 11 is 0. The summed E-state index contributed by atoms with van der Waals surface area (Å²) in [5, 5.41) is 29.9. The summed E-state index contributed by atoms with van der Waals surface area (Å²) in [7, 11) is 0. The molecular formula is C14H18N4O2. The van der Waals surface area contributed by atoms with Gasteiger partial charge in [-0.25, -0.2) is 0 Å². The second-order valence-electron chi connectivity index (χ2n) is 5.32. The third kappa shape index (κ3) is 2.58. The lowest BCUT2D eigenvalue weighted by atomic mass is 10.00. The molecule has 0 amide bonds. The number of aliphatic hydroxyl groups excluding tert-OH is 1. The minimum absolute atomic E-state index is 0.0654. The van der Waals surface area contributed by atoms with Crippen LogP contribution in [0.25, 0.3) is 0 Å². The highest BCUT2D eigenvalue weighted by Gasteiger charge is 2.39. The third-order valence-corrected chi connectivity index (χ3v) is 3.83. The average Bonchev–Trinajstić information content (AvgIpc) is 3.11. The maximum Gasteiger partial charge on any atom is 0.124 e. The van der Waals surface area contributed by atoms with E-state index in [0.29, 0.717) is 18.7 Å². The van der Waals surface area contributed by atoms with Crippen molar-refractivity contribution in [2.75, 3.05) is 13.1 Å². The van der Waals surface area contributed by atoms with E-state index in [0.717, 1.165) is 18.7 Å². The molecule has 0 aliphatic carbocycles. The van der Waals surface area contributed by atoms with Crippen molar-refractivity contribution < 1.29 is 10.2 Å². The predicted octanol–water partition coefficient (Wildman–Crippen LogP) is 0.390. The average molecular weight is 274 g/mol. The quantitative estimate of drug-likeness (QED) is 0.751. The number of likely N-dealkylation sites (tertiary alicyclic amines) is 1. The Morgan fingerprint density at radius 1 is 1.25 bits per heavy atom. The number of hydrogen-bond donors (Lipinski definition) is 3. The lowest BCUT2D eigenvalue weighted by Gasteiger charge is -2.21. The van der Waals surface area contributed by atoms with Gasteiger partial charge in [0.05, 0.1) is 12.8 Å². The summed E-state index contributed by atoms with van der Waals surface area (Å²) in [6, 6.07) is 7.88. The van der Waals surface area contributed by atoms with Gasteiger partial charge in [0.15, 0.2) is 0 Å². The molecule has 1 atom stereocenters. The third-order valence-electron chi connectivity index (χ3n) is 3.83. The summed E-state index contributed by atoms with van der Waals surface area (Å²) in [6.45, 7) is 2.23. The van der Waals surface area contributed by atoms with Gasteiger partial charge in [-0.05, 0) is 17.5 Å². The summed E-state index contributed by atoms with van der Waals surface area (Å²) in [6.07, 6.45) is 2.24. The molecule has 0 bridgehead atoms. The van der Waals surface area contributed by atoms with Crippen molar-refractivity contribution >= 4 is 0 Å². The fourth-order valence-electron chi connectivity index (χ4n) is 2.65. The van der Waals surface area contributed by atoms with E-state index in [1.807, 2.05) is 24.3 Å². The minimum Gasteiger partial charge on any atom is -0.392 e. The largest absolute Gasteiger partial charge is 0.392 e. The molecule has 1 aliphatic heterocycles. The Balaban J connectivity index is 1.65. The molecule has 6 nitrogen and oxygen atoms in total. The summed E-state index contributed by atoms with van der Waals surface area (Å²) < 4.78 is 0. The van der Waals surface area contributed by atoms with Crippen LogP contribution in [0.3, 0.4) is 0 Å². The first-order valence-electron chi connectivity index (χ1n) is 6.69. The van der Waals surface area contributed by atoms with Crippen LogP contribution in [0.5, 0.6) is 0 Å². The fraction of sp³-hybridized carbons (Fsp3) is 0.429. The number of H-pyrrole nitrogens is 1. The topological polar surface area (TPSA) is 85.3 Å². The Kier molecular flexibility index (Phi) is 3.52. The van der Waals surface area contributed by atoms with E-state index >= 15 is 0 Å². The summed E-state index contributed by atoms with van der Waals surface area (Å²) in [5.74, 6) is 0. The lowest BCUT2D eigenvalue weighted by Crippen LogP contribution is -2.31. The Labute approximate surface area is 117 Å². The molecule has 1 aliphatic rings. The molecule has 0 saturated carbocycles. The van der Waals surface area contributed by atoms with E-state index in [4.69, 9.17) is 5.11 Å². The van der Waals surface area contributed by atoms with Crippen LogP contribution in [0, 0.1) is 0 Å². The van der Waals surface area contributed by atoms with Gasteiger partial charge in [0, 0.05) is 19.6 Å². The monoisotopic (exact) mass is 274 g/mol. The van der Waals surface area contributed by atoms with Crippen LogP contribution in [-0.4, -0.2) is 43.6 Å². The zero-order chi connectivity index (χ0) is 14.0. The molecule has 0 unspecified atom stereocenters. The SMILES string of the molecule is OCc1ccc(CN2CC[C@@](O)(c3cn[nH]n3)C2)cc1. The molecule has 106 valence electrons. The Bertz CT molecular complexity index is 555. The van der Waals surface area contributed by atoms with E-state index in [1.54, 1.807) is 6.20 Å². The van der Waals surface area contributed by atoms with Gasteiger partial charge in [0.2, 0.25) is 0 Å². The van der Waals surface area contributed by atoms with Crippen LogP contribution < -0.4 is 0 Å². The smallest absolute Gasteiger partial charge is 0.124 e. The first-order valence-corrected chi connectivity index (χ1v) is 6.69. The Hall–Kier alpha value is -1.76. The Morgan fingerprint density at radius 2 is 2.00 bits per heavy atom. The van der Waals surface area contributed by atoms with E-state index < -0.39 is 5.60 Å². The number of hydrogen-bond acceptors (Lipinski definition) is 5. The number of nitrogens with zero attached hydrogens (tertiary/aromatic N) is 3. The maximum absolute atomic E-state index is 10.6. The molecule has 6 heteroatoms. The van der Waals surface area contributed by atoms with Crippen LogP contribution in [0.2, 0.25) is 0 Å². The van der Waals surface area contributed by atoms with Gasteiger partial charge in [0.1, 0.15) is 11.3 Å². The number of aromatic amines is 1. The van der Waals surface area contributed by atoms with Crippen molar-refractivity contribution in [2.45, 2.75) is 25.2 Å². The highest BCUT2D eigenvalue weighted by Crippen LogP contribution is 2.30. The van der Waals surface area contributed by atoms with Crippen molar-refractivity contribution in [1.29, 1.82) is 0 Å². The lowest BCUT2D eigenvalue weighted by molar-refractivity contribution is 0.0409. The van der Waals surface area contributed by atoms with Gasteiger partial charge >= 0.3 is 0 Å². The number of aromatic nitrogens is 3. The van der Waals surface area contributed by atoms with Crippen molar-refractivity contribution in [3.63, 3.8) is 0 Å². The van der Waals surface area contributed by atoms with Crippen LogP contribution in [0.1, 0.15) is 23.2 Å². The maximum atomic E-state index is 10.6. The molecule has 2 aromatic rings. The molecule has 1 aromatic heterocycles.